The van der Waals surface area contributed by atoms with Gasteiger partial charge in [0.1, 0.15) is 5.56 Å². The second-order valence-corrected chi connectivity index (χ2v) is 3.65. The van der Waals surface area contributed by atoms with Crippen LogP contribution in [-0.2, 0) is 9.53 Å². The summed E-state index contributed by atoms with van der Waals surface area (Å²) in [5.74, 6) is -2.42. The summed E-state index contributed by atoms with van der Waals surface area (Å²) in [7, 11) is 0. The van der Waals surface area contributed by atoms with Gasteiger partial charge >= 0.3 is 5.97 Å². The predicted molar refractivity (Wildman–Crippen MR) is 61.8 cm³/mol. The summed E-state index contributed by atoms with van der Waals surface area (Å²) >= 11 is 0. The van der Waals surface area contributed by atoms with E-state index in [-0.39, 0.29) is 17.9 Å². The molecule has 0 amide bonds. The molecule has 0 unspecified atom stereocenters. The highest BCUT2D eigenvalue weighted by atomic mass is 16.6. The normalized spacial score (nSPS) is 11.4. The Morgan fingerprint density at radius 1 is 1.68 bits per heavy atom. The number of rotatable bonds is 4. The standard InChI is InChI=1S/C11H11N3O5/c1-3-19-11(15)8(5-12)9-6-13(16)7(2)4-10(9)14(17)18/h4,6,8H,3H2,1-2H3/t8-/m0/s1. The van der Waals surface area contributed by atoms with Gasteiger partial charge in [0.15, 0.2) is 17.8 Å². The van der Waals surface area contributed by atoms with Gasteiger partial charge < -0.3 is 9.94 Å². The molecular formula is C11H11N3O5. The predicted octanol–water partition coefficient (Wildman–Crippen LogP) is 0.707. The Kier molecular flexibility index (Phi) is 4.36. The van der Waals surface area contributed by atoms with E-state index < -0.39 is 22.5 Å². The minimum Gasteiger partial charge on any atom is -0.618 e. The van der Waals surface area contributed by atoms with Crippen molar-refractivity contribution in [3.05, 3.63) is 38.8 Å². The summed E-state index contributed by atoms with van der Waals surface area (Å²) in [6, 6.07) is 2.63. The van der Waals surface area contributed by atoms with Gasteiger partial charge in [-0.25, -0.2) is 0 Å². The van der Waals surface area contributed by atoms with Crippen LogP contribution in [0.3, 0.4) is 0 Å². The van der Waals surface area contributed by atoms with E-state index in [1.165, 1.54) is 6.92 Å². The Balaban J connectivity index is 3.39. The Hall–Kier alpha value is -2.69. The molecule has 0 spiro atoms. The van der Waals surface area contributed by atoms with Crippen LogP contribution in [0.5, 0.6) is 0 Å². The van der Waals surface area contributed by atoms with Gasteiger partial charge in [-0.15, -0.1) is 0 Å². The molecule has 100 valence electrons. The lowest BCUT2D eigenvalue weighted by Gasteiger charge is -2.09. The molecule has 0 aliphatic heterocycles. The number of pyridine rings is 1. The number of nitrogens with zero attached hydrogens (tertiary/aromatic N) is 3. The molecule has 0 aliphatic rings. The third-order valence-corrected chi connectivity index (χ3v) is 2.40. The number of hydrogen-bond acceptors (Lipinski definition) is 6. The first-order chi connectivity index (χ1) is 8.92. The lowest BCUT2D eigenvalue weighted by Crippen LogP contribution is -2.32. The van der Waals surface area contributed by atoms with Crippen molar-refractivity contribution in [3.8, 4) is 6.07 Å². The van der Waals surface area contributed by atoms with E-state index in [9.17, 15) is 20.1 Å². The molecule has 0 N–H and O–H groups in total. The lowest BCUT2D eigenvalue weighted by atomic mass is 10.0. The maximum Gasteiger partial charge on any atom is 0.328 e. The highest BCUT2D eigenvalue weighted by Gasteiger charge is 2.32. The fraction of sp³-hybridized carbons (Fsp3) is 0.364. The molecular weight excluding hydrogens is 254 g/mol. The zero-order valence-electron chi connectivity index (χ0n) is 10.3. The van der Waals surface area contributed by atoms with E-state index in [4.69, 9.17) is 5.26 Å². The van der Waals surface area contributed by atoms with Crippen molar-refractivity contribution in [2.45, 2.75) is 19.8 Å². The highest BCUT2D eigenvalue weighted by molar-refractivity contribution is 5.82. The summed E-state index contributed by atoms with van der Waals surface area (Å²) in [5.41, 5.74) is -0.633. The number of nitro groups is 1. The van der Waals surface area contributed by atoms with E-state index in [1.807, 2.05) is 0 Å². The number of aryl methyl sites for hydroxylation is 1. The fourth-order valence-electron chi connectivity index (χ4n) is 1.49. The zero-order valence-corrected chi connectivity index (χ0v) is 10.3. The van der Waals surface area contributed by atoms with Crippen molar-refractivity contribution < 1.29 is 19.2 Å². The van der Waals surface area contributed by atoms with Gasteiger partial charge in [-0.05, 0) is 6.92 Å². The fourth-order valence-corrected chi connectivity index (χ4v) is 1.49. The molecule has 1 atom stereocenters. The van der Waals surface area contributed by atoms with Gasteiger partial charge in [0.2, 0.25) is 0 Å². The molecule has 0 aromatic carbocycles. The summed E-state index contributed by atoms with van der Waals surface area (Å²) in [4.78, 5) is 21.7. The SMILES string of the molecule is CCOC(=O)[C@@H](C#N)c1c[n+]([O-])c(C)cc1[N+](=O)[O-]. The van der Waals surface area contributed by atoms with Crippen LogP contribution >= 0.6 is 0 Å². The van der Waals surface area contributed by atoms with Crippen LogP contribution < -0.4 is 4.73 Å². The number of carbonyl (C=O) groups excluding carboxylic acids is 1. The monoisotopic (exact) mass is 265 g/mol. The molecule has 19 heavy (non-hydrogen) atoms. The third-order valence-electron chi connectivity index (χ3n) is 2.40. The van der Waals surface area contributed by atoms with Gasteiger partial charge in [0.25, 0.3) is 5.69 Å². The topological polar surface area (TPSA) is 120 Å². The summed E-state index contributed by atoms with van der Waals surface area (Å²) in [6.07, 6.45) is 0.859. The first-order valence-electron chi connectivity index (χ1n) is 5.36. The molecule has 0 radical (unpaired) electrons. The molecule has 8 nitrogen and oxygen atoms in total. The van der Waals surface area contributed by atoms with Gasteiger partial charge in [0, 0.05) is 6.92 Å². The maximum absolute atomic E-state index is 11.6. The van der Waals surface area contributed by atoms with E-state index >= 15 is 0 Å². The average molecular weight is 265 g/mol. The number of aromatic nitrogens is 1. The second-order valence-electron chi connectivity index (χ2n) is 3.65. The number of nitriles is 1. The van der Waals surface area contributed by atoms with Crippen molar-refractivity contribution in [2.24, 2.45) is 0 Å². The van der Waals surface area contributed by atoms with Gasteiger partial charge in [-0.1, -0.05) is 0 Å². The highest BCUT2D eigenvalue weighted by Crippen LogP contribution is 2.26. The largest absolute Gasteiger partial charge is 0.618 e. The van der Waals surface area contributed by atoms with E-state index in [0.29, 0.717) is 4.73 Å². The van der Waals surface area contributed by atoms with Crippen LogP contribution in [0.25, 0.3) is 0 Å². The van der Waals surface area contributed by atoms with Crippen molar-refractivity contribution in [3.63, 3.8) is 0 Å². The number of esters is 1. The lowest BCUT2D eigenvalue weighted by molar-refractivity contribution is -0.613. The molecule has 8 heteroatoms. The number of carbonyl (C=O) groups is 1. The van der Waals surface area contributed by atoms with Crippen LogP contribution in [0.15, 0.2) is 12.3 Å². The molecule has 1 aromatic rings. The molecule has 0 aliphatic carbocycles. The first-order valence-corrected chi connectivity index (χ1v) is 5.36. The molecule has 0 saturated heterocycles. The summed E-state index contributed by atoms with van der Waals surface area (Å²) in [5, 5.41) is 31.3. The smallest absolute Gasteiger partial charge is 0.328 e. The molecule has 0 bridgehead atoms. The van der Waals surface area contributed by atoms with Crippen LogP contribution in [0, 0.1) is 33.6 Å². The number of hydrogen-bond donors (Lipinski definition) is 0. The van der Waals surface area contributed by atoms with Gasteiger partial charge in [-0.2, -0.15) is 9.99 Å². The molecule has 1 rings (SSSR count). The number of ether oxygens (including phenoxy) is 1. The minimum absolute atomic E-state index is 0.0358. The van der Waals surface area contributed by atoms with Crippen molar-refractivity contribution in [1.29, 1.82) is 5.26 Å². The van der Waals surface area contributed by atoms with Gasteiger partial charge in [-0.3, -0.25) is 14.9 Å². The first kappa shape index (κ1) is 14.4. The van der Waals surface area contributed by atoms with Crippen LogP contribution in [0.1, 0.15) is 24.1 Å². The van der Waals surface area contributed by atoms with Crippen LogP contribution in [0.2, 0.25) is 0 Å². The van der Waals surface area contributed by atoms with E-state index in [2.05, 4.69) is 4.74 Å². The Morgan fingerprint density at radius 2 is 2.32 bits per heavy atom. The maximum atomic E-state index is 11.6. The Labute approximate surface area is 108 Å². The summed E-state index contributed by atoms with van der Waals surface area (Å²) < 4.78 is 5.03. The van der Waals surface area contributed by atoms with E-state index in [1.54, 1.807) is 13.0 Å². The molecule has 0 fully saturated rings. The molecule has 1 heterocycles. The minimum atomic E-state index is -1.50. The Morgan fingerprint density at radius 3 is 2.79 bits per heavy atom. The second kappa shape index (κ2) is 5.77. The van der Waals surface area contributed by atoms with E-state index in [0.717, 1.165) is 12.3 Å². The average Bonchev–Trinajstić information content (AvgIpc) is 2.34. The zero-order chi connectivity index (χ0) is 14.6. The summed E-state index contributed by atoms with van der Waals surface area (Å²) in [6.45, 7) is 2.97. The van der Waals surface area contributed by atoms with Crippen molar-refractivity contribution in [2.75, 3.05) is 6.61 Å². The van der Waals surface area contributed by atoms with Gasteiger partial charge in [0.05, 0.1) is 23.7 Å². The quantitative estimate of drug-likeness (QED) is 0.260. The third kappa shape index (κ3) is 2.95. The van der Waals surface area contributed by atoms with Crippen LogP contribution in [0.4, 0.5) is 5.69 Å². The van der Waals surface area contributed by atoms with Crippen LogP contribution in [-0.4, -0.2) is 17.5 Å². The molecule has 1 aromatic heterocycles. The van der Waals surface area contributed by atoms with Crippen molar-refractivity contribution >= 4 is 11.7 Å². The van der Waals surface area contributed by atoms with Crippen molar-refractivity contribution in [1.82, 2.24) is 0 Å². The molecule has 0 saturated carbocycles. The Bertz CT molecular complexity index is 564.